The van der Waals surface area contributed by atoms with Crippen molar-refractivity contribution in [3.63, 3.8) is 0 Å². The summed E-state index contributed by atoms with van der Waals surface area (Å²) in [7, 11) is 0. The van der Waals surface area contributed by atoms with Crippen LogP contribution in [0.5, 0.6) is 0 Å². The van der Waals surface area contributed by atoms with Crippen LogP contribution in [0.25, 0.3) is 0 Å². The number of carbonyl (C=O) groups is 2. The highest BCUT2D eigenvalue weighted by molar-refractivity contribution is 8.13. The molecule has 18 heavy (non-hydrogen) atoms. The van der Waals surface area contributed by atoms with Gasteiger partial charge in [-0.1, -0.05) is 28.5 Å². The molecule has 5 nitrogen and oxygen atoms in total. The summed E-state index contributed by atoms with van der Waals surface area (Å²) in [6.45, 7) is 3.77. The molecule has 0 radical (unpaired) electrons. The fraction of sp³-hybridized carbons (Fsp3) is 0.545. The molecule has 1 fully saturated rings. The van der Waals surface area contributed by atoms with Crippen molar-refractivity contribution in [2.24, 2.45) is 5.92 Å². The number of anilines is 1. The molecule has 1 aliphatic heterocycles. The molecule has 0 bridgehead atoms. The number of rotatable bonds is 3. The Kier molecular flexibility index (Phi) is 3.97. The summed E-state index contributed by atoms with van der Waals surface area (Å²) in [5, 5.41) is 4.18. The Bertz CT molecular complexity index is 489. The van der Waals surface area contributed by atoms with Gasteiger partial charge in [-0.05, 0) is 12.8 Å². The SMILES string of the molecule is CC(=O)SCC1CC(=O)N(c2onc(C)c2Cl)C1. The lowest BCUT2D eigenvalue weighted by atomic mass is 10.1. The van der Waals surface area contributed by atoms with E-state index >= 15 is 0 Å². The van der Waals surface area contributed by atoms with Crippen LogP contribution in [0, 0.1) is 12.8 Å². The van der Waals surface area contributed by atoms with Crippen LogP contribution in [0.1, 0.15) is 19.0 Å². The number of aromatic nitrogens is 1. The van der Waals surface area contributed by atoms with Crippen molar-refractivity contribution in [1.82, 2.24) is 5.16 Å². The molecule has 7 heteroatoms. The van der Waals surface area contributed by atoms with Gasteiger partial charge in [0.25, 0.3) is 5.88 Å². The molecule has 0 aromatic carbocycles. The molecule has 1 amide bonds. The molecule has 1 atom stereocenters. The minimum absolute atomic E-state index is 0.0396. The summed E-state index contributed by atoms with van der Waals surface area (Å²) in [6.07, 6.45) is 0.413. The average molecular weight is 289 g/mol. The molecule has 0 N–H and O–H groups in total. The monoisotopic (exact) mass is 288 g/mol. The van der Waals surface area contributed by atoms with Crippen molar-refractivity contribution in [2.75, 3.05) is 17.2 Å². The van der Waals surface area contributed by atoms with E-state index in [9.17, 15) is 9.59 Å². The number of aryl methyl sites for hydroxylation is 1. The van der Waals surface area contributed by atoms with Crippen LogP contribution >= 0.6 is 23.4 Å². The van der Waals surface area contributed by atoms with Crippen LogP contribution in [0.15, 0.2) is 4.52 Å². The normalized spacial score (nSPS) is 19.6. The van der Waals surface area contributed by atoms with Gasteiger partial charge in [0.1, 0.15) is 10.7 Å². The van der Waals surface area contributed by atoms with Crippen molar-refractivity contribution >= 4 is 40.3 Å². The van der Waals surface area contributed by atoms with E-state index in [0.717, 1.165) is 0 Å². The molecule has 1 saturated heterocycles. The van der Waals surface area contributed by atoms with Crippen LogP contribution in [0.2, 0.25) is 5.02 Å². The summed E-state index contributed by atoms with van der Waals surface area (Å²) >= 11 is 7.26. The summed E-state index contributed by atoms with van der Waals surface area (Å²) in [6, 6.07) is 0. The molecule has 1 aromatic heterocycles. The lowest BCUT2D eigenvalue weighted by Crippen LogP contribution is -2.24. The van der Waals surface area contributed by atoms with Crippen LogP contribution in [0.3, 0.4) is 0 Å². The Balaban J connectivity index is 2.05. The van der Waals surface area contributed by atoms with E-state index in [0.29, 0.717) is 35.3 Å². The van der Waals surface area contributed by atoms with Gasteiger partial charge in [-0.2, -0.15) is 0 Å². The lowest BCUT2D eigenvalue weighted by Gasteiger charge is -2.12. The van der Waals surface area contributed by atoms with E-state index in [1.165, 1.54) is 23.6 Å². The maximum absolute atomic E-state index is 11.9. The lowest BCUT2D eigenvalue weighted by molar-refractivity contribution is -0.117. The highest BCUT2D eigenvalue weighted by Crippen LogP contribution is 2.34. The standard InChI is InChI=1S/C11H13ClN2O3S/c1-6-10(12)11(17-13-6)14-4-8(3-9(14)16)5-18-7(2)15/h8H,3-5H2,1-2H3. The zero-order valence-electron chi connectivity index (χ0n) is 10.1. The first-order valence-electron chi connectivity index (χ1n) is 5.54. The molecule has 1 unspecified atom stereocenters. The summed E-state index contributed by atoms with van der Waals surface area (Å²) in [4.78, 5) is 24.3. The number of carbonyl (C=O) groups excluding carboxylic acids is 2. The molecule has 1 aliphatic rings. The third-order valence-corrected chi connectivity index (χ3v) is 4.23. The van der Waals surface area contributed by atoms with Crippen LogP contribution < -0.4 is 4.90 Å². The van der Waals surface area contributed by atoms with Gasteiger partial charge in [0.15, 0.2) is 5.12 Å². The summed E-state index contributed by atoms with van der Waals surface area (Å²) in [5.74, 6) is 1.06. The molecule has 0 saturated carbocycles. The number of thioether (sulfide) groups is 1. The van der Waals surface area contributed by atoms with Gasteiger partial charge in [-0.3, -0.25) is 14.5 Å². The van der Waals surface area contributed by atoms with Gasteiger partial charge in [-0.25, -0.2) is 0 Å². The van der Waals surface area contributed by atoms with Gasteiger partial charge >= 0.3 is 0 Å². The molecule has 1 aromatic rings. The number of halogens is 1. The van der Waals surface area contributed by atoms with Gasteiger partial charge in [0.2, 0.25) is 5.91 Å². The molecule has 0 aliphatic carbocycles. The Morgan fingerprint density at radius 3 is 2.94 bits per heavy atom. The number of hydrogen-bond acceptors (Lipinski definition) is 5. The van der Waals surface area contributed by atoms with Crippen molar-refractivity contribution in [3.8, 4) is 0 Å². The van der Waals surface area contributed by atoms with Gasteiger partial charge in [0.05, 0.1) is 0 Å². The van der Waals surface area contributed by atoms with Crippen LogP contribution in [-0.4, -0.2) is 28.5 Å². The van der Waals surface area contributed by atoms with E-state index < -0.39 is 0 Å². The van der Waals surface area contributed by atoms with Crippen LogP contribution in [0.4, 0.5) is 5.88 Å². The first-order chi connectivity index (χ1) is 8.49. The first kappa shape index (κ1) is 13.4. The largest absolute Gasteiger partial charge is 0.336 e. The number of amides is 1. The van der Waals surface area contributed by atoms with E-state index in [1.807, 2.05) is 0 Å². The quantitative estimate of drug-likeness (QED) is 0.854. The number of nitrogens with zero attached hydrogens (tertiary/aromatic N) is 2. The van der Waals surface area contributed by atoms with Crippen molar-refractivity contribution in [1.29, 1.82) is 0 Å². The molecular weight excluding hydrogens is 276 g/mol. The zero-order chi connectivity index (χ0) is 13.3. The highest BCUT2D eigenvalue weighted by atomic mass is 35.5. The molecular formula is C11H13ClN2O3S. The maximum Gasteiger partial charge on any atom is 0.252 e. The maximum atomic E-state index is 11.9. The second kappa shape index (κ2) is 5.32. The van der Waals surface area contributed by atoms with Gasteiger partial charge in [0, 0.05) is 25.6 Å². The third kappa shape index (κ3) is 2.70. The second-order valence-corrected chi connectivity index (χ2v) is 5.84. The van der Waals surface area contributed by atoms with Crippen molar-refractivity contribution < 1.29 is 14.1 Å². The second-order valence-electron chi connectivity index (χ2n) is 4.26. The summed E-state index contributed by atoms with van der Waals surface area (Å²) < 4.78 is 5.07. The topological polar surface area (TPSA) is 63.4 Å². The fourth-order valence-electron chi connectivity index (χ4n) is 1.84. The summed E-state index contributed by atoms with van der Waals surface area (Å²) in [5.41, 5.74) is 0.570. The molecule has 2 heterocycles. The fourth-order valence-corrected chi connectivity index (χ4v) is 2.70. The molecule has 98 valence electrons. The van der Waals surface area contributed by atoms with E-state index in [-0.39, 0.29) is 16.9 Å². The average Bonchev–Trinajstić information content (AvgIpc) is 2.82. The van der Waals surface area contributed by atoms with Crippen LogP contribution in [-0.2, 0) is 9.59 Å². The smallest absolute Gasteiger partial charge is 0.252 e. The van der Waals surface area contributed by atoms with Crippen molar-refractivity contribution in [2.45, 2.75) is 20.3 Å². The Labute approximate surface area is 114 Å². The van der Waals surface area contributed by atoms with E-state index in [4.69, 9.17) is 16.1 Å². The highest BCUT2D eigenvalue weighted by Gasteiger charge is 2.34. The minimum Gasteiger partial charge on any atom is -0.336 e. The molecule has 2 rings (SSSR count). The van der Waals surface area contributed by atoms with Crippen molar-refractivity contribution in [3.05, 3.63) is 10.7 Å². The zero-order valence-corrected chi connectivity index (χ0v) is 11.7. The predicted octanol–water partition coefficient (Wildman–Crippen LogP) is 2.27. The Hall–Kier alpha value is -1.01. The first-order valence-corrected chi connectivity index (χ1v) is 6.91. The minimum atomic E-state index is -0.0396. The van der Waals surface area contributed by atoms with Gasteiger partial charge < -0.3 is 4.52 Å². The third-order valence-electron chi connectivity index (χ3n) is 2.75. The predicted molar refractivity (Wildman–Crippen MR) is 69.8 cm³/mol. The number of hydrogen-bond donors (Lipinski definition) is 0. The van der Waals surface area contributed by atoms with E-state index in [2.05, 4.69) is 5.16 Å². The molecule has 0 spiro atoms. The Morgan fingerprint density at radius 1 is 1.67 bits per heavy atom. The van der Waals surface area contributed by atoms with Gasteiger partial charge in [-0.15, -0.1) is 0 Å². The Morgan fingerprint density at radius 2 is 2.39 bits per heavy atom. The van der Waals surface area contributed by atoms with E-state index in [1.54, 1.807) is 6.92 Å².